The van der Waals surface area contributed by atoms with E-state index in [0.717, 1.165) is 43.8 Å². The first-order valence-corrected chi connectivity index (χ1v) is 20.3. The summed E-state index contributed by atoms with van der Waals surface area (Å²) >= 11 is 1.41. The number of rotatable bonds is 14. The molecule has 294 valence electrons. The number of hydrogen-bond acceptors (Lipinski definition) is 9. The topological polar surface area (TPSA) is 89.5 Å². The molecule has 8 nitrogen and oxygen atoms in total. The van der Waals surface area contributed by atoms with Crippen LogP contribution in [0.25, 0.3) is 11.1 Å². The average Bonchev–Trinajstić information content (AvgIpc) is 3.59. The van der Waals surface area contributed by atoms with E-state index in [0.29, 0.717) is 12.2 Å². The van der Waals surface area contributed by atoms with E-state index in [9.17, 15) is 9.59 Å². The number of carbonyl (C=O) groups is 2. The average molecular weight is 793 g/mol. The maximum atomic E-state index is 14.0. The van der Waals surface area contributed by atoms with Crippen LogP contribution in [0.15, 0.2) is 169 Å². The molecule has 0 N–H and O–H groups in total. The van der Waals surface area contributed by atoms with E-state index in [2.05, 4.69) is 24.3 Å². The van der Waals surface area contributed by atoms with Crippen molar-refractivity contribution in [2.75, 3.05) is 13.2 Å². The van der Waals surface area contributed by atoms with Crippen molar-refractivity contribution in [2.45, 2.75) is 60.8 Å². The lowest BCUT2D eigenvalue weighted by Crippen LogP contribution is -2.61. The molecule has 8 rings (SSSR count). The first-order valence-electron chi connectivity index (χ1n) is 19.4. The first-order chi connectivity index (χ1) is 28.5. The Bertz CT molecular complexity index is 2220. The highest BCUT2D eigenvalue weighted by Crippen LogP contribution is 2.45. The Kier molecular flexibility index (Phi) is 12.6. The van der Waals surface area contributed by atoms with Gasteiger partial charge in [-0.3, -0.25) is 0 Å². The quantitative estimate of drug-likeness (QED) is 0.100. The molecule has 6 aromatic rings. The molecule has 9 heteroatoms. The number of esters is 1. The fraction of sp³-hybridized carbons (Fsp3) is 0.224. The molecular weight excluding hydrogens is 749 g/mol. The molecular formula is C49H44O8S. The van der Waals surface area contributed by atoms with E-state index in [1.807, 2.05) is 122 Å². The van der Waals surface area contributed by atoms with Crippen LogP contribution in [0.3, 0.4) is 0 Å². The molecule has 0 radical (unpaired) electrons. The monoisotopic (exact) mass is 792 g/mol. The SMILES string of the molecule is Cc1ccc(S[C@@H]2O[C@H](COCc3ccccc3)[C@@H](OC(=O)OCC3c4ccccc4-c4ccccc43)[C@H](OCc3ccccc3)[C@H]2OC(=O)c2ccccc2)cc1. The van der Waals surface area contributed by atoms with Crippen molar-refractivity contribution in [1.29, 1.82) is 0 Å². The number of fused-ring (bicyclic) bond motifs is 3. The van der Waals surface area contributed by atoms with Crippen LogP contribution in [-0.2, 0) is 41.6 Å². The number of thioether (sulfide) groups is 1. The Balaban J connectivity index is 1.11. The van der Waals surface area contributed by atoms with Crippen molar-refractivity contribution < 1.29 is 38.0 Å². The Labute approximate surface area is 343 Å². The van der Waals surface area contributed by atoms with Crippen molar-refractivity contribution in [3.05, 3.63) is 197 Å². The molecule has 6 aromatic carbocycles. The zero-order valence-corrected chi connectivity index (χ0v) is 32.9. The highest BCUT2D eigenvalue weighted by molar-refractivity contribution is 7.99. The lowest BCUT2D eigenvalue weighted by Gasteiger charge is -2.44. The van der Waals surface area contributed by atoms with Crippen LogP contribution in [0.4, 0.5) is 4.79 Å². The fourth-order valence-electron chi connectivity index (χ4n) is 7.45. The second-order valence-electron chi connectivity index (χ2n) is 14.3. The predicted molar refractivity (Wildman–Crippen MR) is 222 cm³/mol. The molecule has 1 saturated heterocycles. The third-order valence-corrected chi connectivity index (χ3v) is 11.5. The summed E-state index contributed by atoms with van der Waals surface area (Å²) in [5.41, 5.74) is 6.96. The standard InChI is InChI=1S/C49H44O8S/c1-33-25-27-37(28-26-33)58-48-46(56-47(50)36-19-9-4-10-20-36)45(53-30-35-17-7-3-8-18-35)44(43(55-48)32-52-29-34-15-5-2-6-16-34)57-49(51)54-31-42-40-23-13-11-21-38(40)39-22-12-14-24-41(39)42/h2-28,42-46,48H,29-32H2,1H3/t43-,44-,45+,46-,48+/m1/s1. The van der Waals surface area contributed by atoms with Gasteiger partial charge in [0.2, 0.25) is 0 Å². The third-order valence-electron chi connectivity index (χ3n) is 10.4. The number of benzene rings is 6. The van der Waals surface area contributed by atoms with Gasteiger partial charge in [0.05, 0.1) is 25.4 Å². The van der Waals surface area contributed by atoms with Crippen LogP contribution in [0, 0.1) is 6.92 Å². The number of ether oxygens (including phenoxy) is 6. The van der Waals surface area contributed by atoms with Crippen LogP contribution in [0.2, 0.25) is 0 Å². The molecule has 0 unspecified atom stereocenters. The number of aryl methyl sites for hydroxylation is 1. The zero-order valence-electron chi connectivity index (χ0n) is 32.1. The second kappa shape index (κ2) is 18.7. The Morgan fingerprint density at radius 1 is 0.586 bits per heavy atom. The Hall–Kier alpha value is -5.71. The van der Waals surface area contributed by atoms with Crippen molar-refractivity contribution in [3.8, 4) is 11.1 Å². The van der Waals surface area contributed by atoms with Gasteiger partial charge < -0.3 is 28.4 Å². The summed E-state index contributed by atoms with van der Waals surface area (Å²) in [6.45, 7) is 2.58. The zero-order chi connectivity index (χ0) is 39.7. The van der Waals surface area contributed by atoms with Crippen LogP contribution in [0.1, 0.15) is 44.1 Å². The molecule has 2 aliphatic rings. The summed E-state index contributed by atoms with van der Waals surface area (Å²) in [7, 11) is 0. The third kappa shape index (κ3) is 9.35. The van der Waals surface area contributed by atoms with Gasteiger partial charge in [0.1, 0.15) is 24.3 Å². The largest absolute Gasteiger partial charge is 0.508 e. The molecule has 0 bridgehead atoms. The van der Waals surface area contributed by atoms with Crippen LogP contribution in [-0.4, -0.2) is 55.2 Å². The number of carbonyl (C=O) groups excluding carboxylic acids is 2. The van der Waals surface area contributed by atoms with Crippen LogP contribution in [0.5, 0.6) is 0 Å². The minimum Gasteiger partial charge on any atom is -0.452 e. The van der Waals surface area contributed by atoms with Gasteiger partial charge >= 0.3 is 12.1 Å². The van der Waals surface area contributed by atoms with E-state index in [1.54, 1.807) is 24.3 Å². The highest BCUT2D eigenvalue weighted by Gasteiger charge is 2.52. The van der Waals surface area contributed by atoms with Gasteiger partial charge in [-0.05, 0) is 64.6 Å². The molecule has 5 atom stereocenters. The van der Waals surface area contributed by atoms with Crippen LogP contribution < -0.4 is 0 Å². The summed E-state index contributed by atoms with van der Waals surface area (Å²) in [4.78, 5) is 28.8. The summed E-state index contributed by atoms with van der Waals surface area (Å²) in [5.74, 6) is -0.733. The highest BCUT2D eigenvalue weighted by atomic mass is 32.2. The van der Waals surface area contributed by atoms with Gasteiger partial charge in [-0.2, -0.15) is 0 Å². The Morgan fingerprint density at radius 2 is 1.16 bits per heavy atom. The van der Waals surface area contributed by atoms with E-state index >= 15 is 0 Å². The van der Waals surface area contributed by atoms with Gasteiger partial charge in [-0.25, -0.2) is 9.59 Å². The molecule has 1 heterocycles. The minimum absolute atomic E-state index is 0.0473. The smallest absolute Gasteiger partial charge is 0.452 e. The normalized spacial score (nSPS) is 19.8. The van der Waals surface area contributed by atoms with Gasteiger partial charge in [0.15, 0.2) is 12.2 Å². The van der Waals surface area contributed by atoms with Gasteiger partial charge in [0.25, 0.3) is 0 Å². The van der Waals surface area contributed by atoms with Gasteiger partial charge in [-0.15, -0.1) is 0 Å². The molecule has 58 heavy (non-hydrogen) atoms. The van der Waals surface area contributed by atoms with Crippen LogP contribution >= 0.6 is 11.8 Å². The summed E-state index contributed by atoms with van der Waals surface area (Å²) in [6.07, 6.45) is -4.84. The van der Waals surface area contributed by atoms with Crippen molar-refractivity contribution in [1.82, 2.24) is 0 Å². The molecule has 0 aromatic heterocycles. The predicted octanol–water partition coefficient (Wildman–Crippen LogP) is 10.2. The van der Waals surface area contributed by atoms with Gasteiger partial charge in [0, 0.05) is 10.8 Å². The fourth-order valence-corrected chi connectivity index (χ4v) is 8.56. The molecule has 0 saturated carbocycles. The second-order valence-corrected chi connectivity index (χ2v) is 15.5. The van der Waals surface area contributed by atoms with Gasteiger partial charge in [-0.1, -0.05) is 157 Å². The first kappa shape index (κ1) is 39.1. The molecule has 0 spiro atoms. The molecule has 1 aliphatic carbocycles. The summed E-state index contributed by atoms with van der Waals surface area (Å²) in [5, 5.41) is 0. The Morgan fingerprint density at radius 3 is 1.79 bits per heavy atom. The lowest BCUT2D eigenvalue weighted by atomic mass is 9.98. The van der Waals surface area contributed by atoms with Crippen molar-refractivity contribution >= 4 is 23.9 Å². The number of hydrogen-bond donors (Lipinski definition) is 0. The summed E-state index contributed by atoms with van der Waals surface area (Å²) in [6, 6.07) is 52.6. The molecule has 1 fully saturated rings. The molecule has 0 amide bonds. The minimum atomic E-state index is -1.10. The van der Waals surface area contributed by atoms with Crippen molar-refractivity contribution in [3.63, 3.8) is 0 Å². The van der Waals surface area contributed by atoms with E-state index in [1.165, 1.54) is 11.8 Å². The van der Waals surface area contributed by atoms with E-state index in [-0.39, 0.29) is 25.7 Å². The maximum absolute atomic E-state index is 14.0. The summed E-state index contributed by atoms with van der Waals surface area (Å²) < 4.78 is 38.4. The maximum Gasteiger partial charge on any atom is 0.508 e. The van der Waals surface area contributed by atoms with E-state index in [4.69, 9.17) is 28.4 Å². The van der Waals surface area contributed by atoms with E-state index < -0.39 is 42.0 Å². The molecule has 1 aliphatic heterocycles. The lowest BCUT2D eigenvalue weighted by molar-refractivity contribution is -0.230. The van der Waals surface area contributed by atoms with Crippen molar-refractivity contribution in [2.24, 2.45) is 0 Å².